The van der Waals surface area contributed by atoms with Crippen LogP contribution in [0, 0.1) is 12.3 Å². The number of carbonyl (C=O) groups is 1. The van der Waals surface area contributed by atoms with Gasteiger partial charge >= 0.3 is 0 Å². The van der Waals surface area contributed by atoms with E-state index < -0.39 is 0 Å². The predicted molar refractivity (Wildman–Crippen MR) is 76.6 cm³/mol. The van der Waals surface area contributed by atoms with Crippen molar-refractivity contribution in [2.45, 2.75) is 6.04 Å². The van der Waals surface area contributed by atoms with Crippen LogP contribution in [0.15, 0.2) is 60.7 Å². The maximum absolute atomic E-state index is 12.3. The summed E-state index contributed by atoms with van der Waals surface area (Å²) in [5.74, 6) is 2.60. The Morgan fingerprint density at radius 2 is 1.58 bits per heavy atom. The molecule has 2 rings (SSSR count). The molecule has 1 atom stereocenters. The van der Waals surface area contributed by atoms with Crippen LogP contribution in [0.5, 0.6) is 0 Å². The van der Waals surface area contributed by atoms with Crippen LogP contribution < -0.4 is 0 Å². The molecule has 19 heavy (non-hydrogen) atoms. The molecule has 0 fully saturated rings. The van der Waals surface area contributed by atoms with Gasteiger partial charge in [-0.3, -0.25) is 4.79 Å². The second-order valence-electron chi connectivity index (χ2n) is 4.26. The highest BCUT2D eigenvalue weighted by Gasteiger charge is 2.20. The first-order valence-electron chi connectivity index (χ1n) is 6.07. The summed E-state index contributed by atoms with van der Waals surface area (Å²) in [6, 6.07) is 18.4. The van der Waals surface area contributed by atoms with Crippen molar-refractivity contribution in [2.75, 3.05) is 7.05 Å². The molecule has 0 radical (unpaired) electrons. The Balaban J connectivity index is 2.26. The topological polar surface area (TPSA) is 20.3 Å². The molecule has 0 aliphatic heterocycles. The standard InChI is InChI=1S/C17H15NO/c1-3-16(14-10-6-4-7-11-14)18(2)17(19)15-12-8-5-9-13-15/h1,4-13,16H,2H3. The van der Waals surface area contributed by atoms with E-state index in [-0.39, 0.29) is 11.9 Å². The average Bonchev–Trinajstić information content (AvgIpc) is 2.49. The molecule has 0 spiro atoms. The van der Waals surface area contributed by atoms with Crippen LogP contribution >= 0.6 is 0 Å². The van der Waals surface area contributed by atoms with E-state index in [0.717, 1.165) is 5.56 Å². The molecule has 0 saturated heterocycles. The number of terminal acetylenes is 1. The lowest BCUT2D eigenvalue weighted by atomic mass is 10.1. The molecule has 0 saturated carbocycles. The first-order chi connectivity index (χ1) is 9.24. The molecule has 0 aliphatic rings. The highest BCUT2D eigenvalue weighted by molar-refractivity contribution is 5.94. The second-order valence-corrected chi connectivity index (χ2v) is 4.26. The number of nitrogens with zero attached hydrogens (tertiary/aromatic N) is 1. The van der Waals surface area contributed by atoms with Gasteiger partial charge in [0.25, 0.3) is 5.91 Å². The molecule has 1 amide bonds. The lowest BCUT2D eigenvalue weighted by Crippen LogP contribution is -2.30. The minimum atomic E-state index is -0.353. The van der Waals surface area contributed by atoms with Gasteiger partial charge in [-0.05, 0) is 17.7 Å². The largest absolute Gasteiger partial charge is 0.324 e. The number of hydrogen-bond donors (Lipinski definition) is 0. The molecular formula is C17H15NO. The van der Waals surface area contributed by atoms with Crippen LogP contribution in [-0.2, 0) is 0 Å². The van der Waals surface area contributed by atoms with E-state index in [4.69, 9.17) is 6.42 Å². The van der Waals surface area contributed by atoms with Gasteiger partial charge < -0.3 is 4.90 Å². The van der Waals surface area contributed by atoms with Crippen molar-refractivity contribution in [1.82, 2.24) is 4.90 Å². The minimum Gasteiger partial charge on any atom is -0.324 e. The Hall–Kier alpha value is -2.53. The van der Waals surface area contributed by atoms with Crippen LogP contribution in [0.2, 0.25) is 0 Å². The summed E-state index contributed by atoms with van der Waals surface area (Å²) >= 11 is 0. The zero-order chi connectivity index (χ0) is 13.7. The van der Waals surface area contributed by atoms with Crippen molar-refractivity contribution >= 4 is 5.91 Å². The number of benzene rings is 2. The van der Waals surface area contributed by atoms with Gasteiger partial charge in [-0.1, -0.05) is 54.5 Å². The van der Waals surface area contributed by atoms with E-state index in [1.807, 2.05) is 48.5 Å². The molecule has 0 aromatic heterocycles. The van der Waals surface area contributed by atoms with Crippen molar-refractivity contribution in [3.63, 3.8) is 0 Å². The summed E-state index contributed by atoms with van der Waals surface area (Å²) in [7, 11) is 1.73. The van der Waals surface area contributed by atoms with Gasteiger partial charge in [0.05, 0.1) is 0 Å². The maximum Gasteiger partial charge on any atom is 0.254 e. The molecule has 0 heterocycles. The highest BCUT2D eigenvalue weighted by Crippen LogP contribution is 2.20. The van der Waals surface area contributed by atoms with Crippen LogP contribution in [0.1, 0.15) is 22.0 Å². The van der Waals surface area contributed by atoms with Crippen LogP contribution in [0.25, 0.3) is 0 Å². The lowest BCUT2D eigenvalue weighted by molar-refractivity contribution is 0.0764. The molecule has 0 aliphatic carbocycles. The van der Waals surface area contributed by atoms with Crippen molar-refractivity contribution in [1.29, 1.82) is 0 Å². The molecule has 2 aromatic carbocycles. The summed E-state index contributed by atoms with van der Waals surface area (Å²) in [5.41, 5.74) is 1.58. The minimum absolute atomic E-state index is 0.0765. The van der Waals surface area contributed by atoms with Gasteiger partial charge in [-0.15, -0.1) is 6.42 Å². The molecule has 2 heteroatoms. The normalized spacial score (nSPS) is 11.4. The summed E-state index contributed by atoms with van der Waals surface area (Å²) in [6.45, 7) is 0. The molecule has 0 bridgehead atoms. The molecule has 2 aromatic rings. The third kappa shape index (κ3) is 2.83. The van der Waals surface area contributed by atoms with Crippen LogP contribution in [0.4, 0.5) is 0 Å². The third-order valence-corrected chi connectivity index (χ3v) is 3.00. The smallest absolute Gasteiger partial charge is 0.254 e. The zero-order valence-electron chi connectivity index (χ0n) is 10.8. The Kier molecular flexibility index (Phi) is 4.00. The monoisotopic (exact) mass is 249 g/mol. The number of amides is 1. The van der Waals surface area contributed by atoms with Crippen molar-refractivity contribution in [3.8, 4) is 12.3 Å². The zero-order valence-corrected chi connectivity index (χ0v) is 10.8. The molecule has 2 nitrogen and oxygen atoms in total. The van der Waals surface area contributed by atoms with Crippen molar-refractivity contribution in [2.24, 2.45) is 0 Å². The van der Waals surface area contributed by atoms with E-state index in [9.17, 15) is 4.79 Å². The molecular weight excluding hydrogens is 234 g/mol. The van der Waals surface area contributed by atoms with Crippen molar-refractivity contribution < 1.29 is 4.79 Å². The summed E-state index contributed by atoms with van der Waals surface area (Å²) in [4.78, 5) is 13.9. The molecule has 0 N–H and O–H groups in total. The van der Waals surface area contributed by atoms with Gasteiger partial charge in [0.2, 0.25) is 0 Å². The van der Waals surface area contributed by atoms with Gasteiger partial charge in [0, 0.05) is 12.6 Å². The van der Waals surface area contributed by atoms with Gasteiger partial charge in [0.1, 0.15) is 6.04 Å². The Morgan fingerprint density at radius 3 is 2.11 bits per heavy atom. The van der Waals surface area contributed by atoms with E-state index in [1.165, 1.54) is 0 Å². The van der Waals surface area contributed by atoms with Gasteiger partial charge in [0.15, 0.2) is 0 Å². The van der Waals surface area contributed by atoms with E-state index in [1.54, 1.807) is 24.1 Å². The number of rotatable bonds is 3. The van der Waals surface area contributed by atoms with Crippen molar-refractivity contribution in [3.05, 3.63) is 71.8 Å². The second kappa shape index (κ2) is 5.88. The van der Waals surface area contributed by atoms with E-state index >= 15 is 0 Å². The maximum atomic E-state index is 12.3. The fraction of sp³-hybridized carbons (Fsp3) is 0.118. The Bertz CT molecular complexity index is 584. The third-order valence-electron chi connectivity index (χ3n) is 3.00. The van der Waals surface area contributed by atoms with Gasteiger partial charge in [-0.25, -0.2) is 0 Å². The Labute approximate surface area is 113 Å². The van der Waals surface area contributed by atoms with Gasteiger partial charge in [-0.2, -0.15) is 0 Å². The lowest BCUT2D eigenvalue weighted by Gasteiger charge is -2.24. The van der Waals surface area contributed by atoms with Crippen LogP contribution in [0.3, 0.4) is 0 Å². The summed E-state index contributed by atoms with van der Waals surface area (Å²) < 4.78 is 0. The summed E-state index contributed by atoms with van der Waals surface area (Å²) in [5, 5.41) is 0. The SMILES string of the molecule is C#CC(c1ccccc1)N(C)C(=O)c1ccccc1. The summed E-state index contributed by atoms with van der Waals surface area (Å²) in [6.07, 6.45) is 5.58. The quantitative estimate of drug-likeness (QED) is 0.765. The predicted octanol–water partition coefficient (Wildman–Crippen LogP) is 3.13. The highest BCUT2D eigenvalue weighted by atomic mass is 16.2. The van der Waals surface area contributed by atoms with Crippen LogP contribution in [-0.4, -0.2) is 17.9 Å². The van der Waals surface area contributed by atoms with E-state index in [0.29, 0.717) is 5.56 Å². The van der Waals surface area contributed by atoms with E-state index in [2.05, 4.69) is 5.92 Å². The first-order valence-corrected chi connectivity index (χ1v) is 6.07. The first kappa shape index (κ1) is 12.9. The molecule has 94 valence electrons. The molecule has 1 unspecified atom stereocenters. The fourth-order valence-electron chi connectivity index (χ4n) is 1.97. The number of hydrogen-bond acceptors (Lipinski definition) is 1. The Morgan fingerprint density at radius 1 is 1.05 bits per heavy atom. The average molecular weight is 249 g/mol. The fourth-order valence-corrected chi connectivity index (χ4v) is 1.97. The number of carbonyl (C=O) groups excluding carboxylic acids is 1.